The van der Waals surface area contributed by atoms with Gasteiger partial charge in [0.25, 0.3) is 0 Å². The van der Waals surface area contributed by atoms with Crippen LogP contribution in [0.5, 0.6) is 0 Å². The van der Waals surface area contributed by atoms with Gasteiger partial charge < -0.3 is 23.7 Å². The van der Waals surface area contributed by atoms with Gasteiger partial charge in [0.2, 0.25) is 5.78 Å². The number of carbonyl (C=O) groups is 2. The number of methoxy groups -OCH3 is 1. The first kappa shape index (κ1) is 14.4. The van der Waals surface area contributed by atoms with Crippen LogP contribution in [-0.2, 0) is 33.3 Å². The predicted molar refractivity (Wildman–Crippen MR) is 61.1 cm³/mol. The number of ketones is 1. The zero-order chi connectivity index (χ0) is 14.2. The average molecular weight is 274 g/mol. The minimum Gasteiger partial charge on any atom is -0.452 e. The summed E-state index contributed by atoms with van der Waals surface area (Å²) in [6, 6.07) is 0. The summed E-state index contributed by atoms with van der Waals surface area (Å²) in [6.07, 6.45) is -3.14. The van der Waals surface area contributed by atoms with Crippen molar-refractivity contribution in [3.8, 4) is 0 Å². The minimum absolute atomic E-state index is 0.212. The predicted octanol–water partition coefficient (Wildman–Crippen LogP) is 0.01000. The van der Waals surface area contributed by atoms with Crippen LogP contribution in [0.4, 0.5) is 0 Å². The Morgan fingerprint density at radius 2 is 1.95 bits per heavy atom. The highest BCUT2D eigenvalue weighted by atomic mass is 16.8. The molecule has 7 nitrogen and oxygen atoms in total. The lowest BCUT2D eigenvalue weighted by molar-refractivity contribution is -0.210. The molecule has 0 aromatic heterocycles. The summed E-state index contributed by atoms with van der Waals surface area (Å²) in [5.74, 6) is -1.82. The number of fused-ring (bicyclic) bond motifs is 1. The van der Waals surface area contributed by atoms with Gasteiger partial charge in [-0.25, -0.2) is 0 Å². The van der Waals surface area contributed by atoms with E-state index in [-0.39, 0.29) is 12.4 Å². The van der Waals surface area contributed by atoms with E-state index in [0.29, 0.717) is 0 Å². The van der Waals surface area contributed by atoms with Crippen molar-refractivity contribution in [3.05, 3.63) is 0 Å². The van der Waals surface area contributed by atoms with E-state index in [4.69, 9.17) is 23.7 Å². The van der Waals surface area contributed by atoms with Gasteiger partial charge in [-0.1, -0.05) is 0 Å². The Bertz CT molecular complexity index is 378. The van der Waals surface area contributed by atoms with Crippen molar-refractivity contribution < 1.29 is 33.3 Å². The Labute approximate surface area is 111 Å². The lowest BCUT2D eigenvalue weighted by atomic mass is 10.1. The fraction of sp³-hybridized carbons (Fsp3) is 0.833. The maximum atomic E-state index is 12.0. The molecule has 0 amide bonds. The van der Waals surface area contributed by atoms with Crippen molar-refractivity contribution >= 4 is 11.8 Å². The summed E-state index contributed by atoms with van der Waals surface area (Å²) in [4.78, 5) is 23.1. The molecule has 0 unspecified atom stereocenters. The molecule has 2 aliphatic heterocycles. The van der Waals surface area contributed by atoms with Crippen LogP contribution in [0.1, 0.15) is 20.8 Å². The first-order valence-electron chi connectivity index (χ1n) is 6.04. The molecule has 0 spiro atoms. The van der Waals surface area contributed by atoms with Crippen molar-refractivity contribution in [1.29, 1.82) is 0 Å². The molecule has 0 saturated carbocycles. The average Bonchev–Trinajstić information content (AvgIpc) is 2.57. The van der Waals surface area contributed by atoms with Crippen molar-refractivity contribution in [3.63, 3.8) is 0 Å². The zero-order valence-corrected chi connectivity index (χ0v) is 11.4. The monoisotopic (exact) mass is 274 g/mol. The minimum atomic E-state index is -1.04. The van der Waals surface area contributed by atoms with E-state index in [0.717, 1.165) is 0 Å². The largest absolute Gasteiger partial charge is 0.452 e. The van der Waals surface area contributed by atoms with Crippen molar-refractivity contribution in [2.24, 2.45) is 0 Å². The third kappa shape index (κ3) is 2.94. The molecule has 0 N–H and O–H groups in total. The second-order valence-corrected chi connectivity index (χ2v) is 4.98. The van der Waals surface area contributed by atoms with Crippen LogP contribution in [0, 0.1) is 0 Å². The smallest absolute Gasteiger partial charge is 0.303 e. The van der Waals surface area contributed by atoms with Crippen LogP contribution >= 0.6 is 0 Å². The molecule has 4 atom stereocenters. The molecule has 0 aliphatic carbocycles. The third-order valence-corrected chi connectivity index (χ3v) is 2.96. The summed E-state index contributed by atoms with van der Waals surface area (Å²) in [7, 11) is 1.45. The van der Waals surface area contributed by atoms with Crippen LogP contribution in [0.15, 0.2) is 0 Å². The van der Waals surface area contributed by atoms with E-state index in [2.05, 4.69) is 0 Å². The molecule has 0 bridgehead atoms. The van der Waals surface area contributed by atoms with E-state index in [1.54, 1.807) is 13.8 Å². The summed E-state index contributed by atoms with van der Waals surface area (Å²) in [5, 5.41) is 0. The highest BCUT2D eigenvalue weighted by molar-refractivity contribution is 5.87. The topological polar surface area (TPSA) is 80.3 Å². The molecule has 2 rings (SSSR count). The molecule has 108 valence electrons. The molecular formula is C12H18O7. The van der Waals surface area contributed by atoms with Gasteiger partial charge in [-0.05, 0) is 13.8 Å². The van der Waals surface area contributed by atoms with E-state index >= 15 is 0 Å². The third-order valence-electron chi connectivity index (χ3n) is 2.96. The molecule has 7 heteroatoms. The summed E-state index contributed by atoms with van der Waals surface area (Å²) in [5.41, 5.74) is 0. The number of carbonyl (C=O) groups excluding carboxylic acids is 2. The number of rotatable bonds is 2. The van der Waals surface area contributed by atoms with Crippen molar-refractivity contribution in [2.45, 2.75) is 51.2 Å². The number of ether oxygens (including phenoxy) is 5. The van der Waals surface area contributed by atoms with Crippen molar-refractivity contribution in [1.82, 2.24) is 0 Å². The fourth-order valence-corrected chi connectivity index (χ4v) is 2.30. The quantitative estimate of drug-likeness (QED) is 0.656. The highest BCUT2D eigenvalue weighted by Gasteiger charge is 2.54. The van der Waals surface area contributed by atoms with Crippen molar-refractivity contribution in [2.75, 3.05) is 13.7 Å². The van der Waals surface area contributed by atoms with E-state index in [1.807, 2.05) is 0 Å². The van der Waals surface area contributed by atoms with E-state index < -0.39 is 36.4 Å². The Morgan fingerprint density at radius 1 is 1.32 bits per heavy atom. The van der Waals surface area contributed by atoms with Crippen LogP contribution in [-0.4, -0.2) is 55.9 Å². The zero-order valence-electron chi connectivity index (χ0n) is 11.4. The lowest BCUT2D eigenvalue weighted by Crippen LogP contribution is -2.45. The standard InChI is InChI=1S/C12H18O7/c1-6(13)17-8-7(14)5-16-11(15-4)10-9(8)18-12(2,3)19-10/h8-11H,5H2,1-4H3/t8-,9+,10-,11-/m1/s1. The molecule has 2 saturated heterocycles. The van der Waals surface area contributed by atoms with Gasteiger partial charge in [-0.3, -0.25) is 9.59 Å². The summed E-state index contributed by atoms with van der Waals surface area (Å²) in [6.45, 7) is 4.45. The van der Waals surface area contributed by atoms with Crippen LogP contribution < -0.4 is 0 Å². The van der Waals surface area contributed by atoms with Gasteiger partial charge in [0.05, 0.1) is 0 Å². The van der Waals surface area contributed by atoms with E-state index in [1.165, 1.54) is 14.0 Å². The van der Waals surface area contributed by atoms with Gasteiger partial charge in [0.15, 0.2) is 18.2 Å². The molecular weight excluding hydrogens is 256 g/mol. The molecule has 2 heterocycles. The molecule has 2 fully saturated rings. The highest BCUT2D eigenvalue weighted by Crippen LogP contribution is 2.35. The maximum absolute atomic E-state index is 12.0. The number of hydrogen-bond acceptors (Lipinski definition) is 7. The normalized spacial score (nSPS) is 37.6. The SMILES string of the molecule is CO[C@@H]1OCC(=O)[C@@H](OC(C)=O)[C@@H]2OC(C)(C)O[C@@H]12. The van der Waals surface area contributed by atoms with Crippen LogP contribution in [0.25, 0.3) is 0 Å². The second-order valence-electron chi connectivity index (χ2n) is 4.98. The van der Waals surface area contributed by atoms with Gasteiger partial charge in [-0.2, -0.15) is 0 Å². The lowest BCUT2D eigenvalue weighted by Gasteiger charge is -2.23. The molecule has 0 radical (unpaired) electrons. The molecule has 0 aromatic carbocycles. The maximum Gasteiger partial charge on any atom is 0.303 e. The first-order valence-corrected chi connectivity index (χ1v) is 6.04. The Hall–Kier alpha value is -1.02. The van der Waals surface area contributed by atoms with Gasteiger partial charge in [0, 0.05) is 14.0 Å². The summed E-state index contributed by atoms with van der Waals surface area (Å²) >= 11 is 0. The second kappa shape index (κ2) is 5.16. The summed E-state index contributed by atoms with van der Waals surface area (Å²) < 4.78 is 26.9. The first-order chi connectivity index (χ1) is 8.84. The fourth-order valence-electron chi connectivity index (χ4n) is 2.30. The number of hydrogen-bond donors (Lipinski definition) is 0. The van der Waals surface area contributed by atoms with E-state index in [9.17, 15) is 9.59 Å². The van der Waals surface area contributed by atoms with Crippen LogP contribution in [0.3, 0.4) is 0 Å². The molecule has 2 aliphatic rings. The Kier molecular flexibility index (Phi) is 3.91. The Balaban J connectivity index is 2.28. The number of Topliss-reactive ketones (excluding diaryl/α,β-unsaturated/α-hetero) is 1. The molecule has 0 aromatic rings. The molecule has 19 heavy (non-hydrogen) atoms. The van der Waals surface area contributed by atoms with Crippen LogP contribution in [0.2, 0.25) is 0 Å². The Morgan fingerprint density at radius 3 is 2.53 bits per heavy atom. The van der Waals surface area contributed by atoms with Gasteiger partial charge in [-0.15, -0.1) is 0 Å². The number of esters is 1. The van der Waals surface area contributed by atoms with Gasteiger partial charge in [0.1, 0.15) is 18.8 Å². The van der Waals surface area contributed by atoms with Gasteiger partial charge >= 0.3 is 5.97 Å².